The Labute approximate surface area is 142 Å². The van der Waals surface area contributed by atoms with Gasteiger partial charge in [0.2, 0.25) is 5.91 Å². The molecule has 0 radical (unpaired) electrons. The second-order valence-electron chi connectivity index (χ2n) is 5.31. The minimum absolute atomic E-state index is 0.111. The number of halogens is 1. The van der Waals surface area contributed by atoms with E-state index >= 15 is 0 Å². The average molecular weight is 374 g/mol. The van der Waals surface area contributed by atoms with Gasteiger partial charge in [-0.15, -0.1) is 0 Å². The number of nitrogens with one attached hydrogen (secondary N) is 1. The molecule has 0 fully saturated rings. The van der Waals surface area contributed by atoms with Gasteiger partial charge < -0.3 is 10.2 Å². The summed E-state index contributed by atoms with van der Waals surface area (Å²) < 4.78 is 0.855. The highest BCUT2D eigenvalue weighted by molar-refractivity contribution is 9.10. The third-order valence-electron chi connectivity index (χ3n) is 3.81. The molecule has 3 rings (SSSR count). The summed E-state index contributed by atoms with van der Waals surface area (Å²) in [5, 5.41) is 2.77. The van der Waals surface area contributed by atoms with Crippen LogP contribution in [0.1, 0.15) is 29.3 Å². The second-order valence-corrected chi connectivity index (χ2v) is 6.22. The first-order valence-electron chi connectivity index (χ1n) is 7.44. The van der Waals surface area contributed by atoms with E-state index in [1.807, 2.05) is 25.1 Å². The van der Waals surface area contributed by atoms with E-state index in [0.29, 0.717) is 24.3 Å². The lowest BCUT2D eigenvalue weighted by Gasteiger charge is -2.16. The van der Waals surface area contributed by atoms with Crippen LogP contribution in [-0.4, -0.2) is 23.3 Å². The highest BCUT2D eigenvalue weighted by Gasteiger charge is 2.24. The van der Waals surface area contributed by atoms with Crippen molar-refractivity contribution in [1.82, 2.24) is 4.98 Å². The van der Waals surface area contributed by atoms with Crippen molar-refractivity contribution in [3.63, 3.8) is 0 Å². The van der Waals surface area contributed by atoms with Gasteiger partial charge in [-0.25, -0.2) is 4.98 Å². The van der Waals surface area contributed by atoms with Crippen molar-refractivity contribution in [3.05, 3.63) is 52.1 Å². The molecule has 1 aromatic carbocycles. The molecule has 5 nitrogen and oxygen atoms in total. The van der Waals surface area contributed by atoms with Crippen LogP contribution in [0.15, 0.2) is 41.0 Å². The van der Waals surface area contributed by atoms with Gasteiger partial charge in [0.25, 0.3) is 5.91 Å². The summed E-state index contributed by atoms with van der Waals surface area (Å²) in [5.74, 6) is 0.407. The van der Waals surface area contributed by atoms with Gasteiger partial charge in [-0.1, -0.05) is 6.92 Å². The fourth-order valence-electron chi connectivity index (χ4n) is 2.63. The predicted molar refractivity (Wildman–Crippen MR) is 92.7 cm³/mol. The number of aromatic nitrogens is 1. The molecule has 0 unspecified atom stereocenters. The summed E-state index contributed by atoms with van der Waals surface area (Å²) in [6.45, 7) is 2.54. The lowest BCUT2D eigenvalue weighted by Crippen LogP contribution is -2.27. The van der Waals surface area contributed by atoms with Crippen molar-refractivity contribution in [3.8, 4) is 0 Å². The molecule has 2 aromatic rings. The Hall–Kier alpha value is -2.21. The van der Waals surface area contributed by atoms with Crippen molar-refractivity contribution in [1.29, 1.82) is 0 Å². The van der Waals surface area contributed by atoms with Gasteiger partial charge in [0.1, 0.15) is 5.82 Å². The molecule has 2 amide bonds. The monoisotopic (exact) mass is 373 g/mol. The summed E-state index contributed by atoms with van der Waals surface area (Å²) >= 11 is 3.31. The molecule has 1 aliphatic rings. The first-order valence-corrected chi connectivity index (χ1v) is 8.24. The molecule has 118 valence electrons. The molecule has 0 saturated carbocycles. The van der Waals surface area contributed by atoms with Gasteiger partial charge in [0.05, 0.1) is 0 Å². The van der Waals surface area contributed by atoms with Crippen molar-refractivity contribution in [2.45, 2.75) is 19.8 Å². The van der Waals surface area contributed by atoms with Crippen molar-refractivity contribution in [2.24, 2.45) is 0 Å². The van der Waals surface area contributed by atoms with E-state index in [0.717, 1.165) is 22.1 Å². The number of carbonyl (C=O) groups excluding carboxylic acids is 2. The number of anilines is 2. The molecule has 1 aromatic heterocycles. The summed E-state index contributed by atoms with van der Waals surface area (Å²) in [6, 6.07) is 9.00. The van der Waals surface area contributed by atoms with Crippen LogP contribution >= 0.6 is 15.9 Å². The van der Waals surface area contributed by atoms with Gasteiger partial charge in [-0.2, -0.15) is 0 Å². The van der Waals surface area contributed by atoms with Gasteiger partial charge in [0, 0.05) is 34.9 Å². The average Bonchev–Trinajstić information content (AvgIpc) is 2.99. The van der Waals surface area contributed by atoms with Gasteiger partial charge in [-0.3, -0.25) is 9.59 Å². The number of nitrogens with zero attached hydrogens (tertiary/aromatic N) is 2. The molecule has 1 N–H and O–H groups in total. The molecule has 1 aliphatic heterocycles. The molecular formula is C17H16BrN3O2. The fraction of sp³-hybridized carbons (Fsp3) is 0.235. The molecule has 2 heterocycles. The largest absolute Gasteiger partial charge is 0.312 e. The molecule has 0 spiro atoms. The Morgan fingerprint density at radius 2 is 2.13 bits per heavy atom. The van der Waals surface area contributed by atoms with Crippen LogP contribution in [0.4, 0.5) is 11.5 Å². The van der Waals surface area contributed by atoms with Gasteiger partial charge in [0.15, 0.2) is 0 Å². The number of hydrogen-bond donors (Lipinski definition) is 1. The van der Waals surface area contributed by atoms with Gasteiger partial charge in [-0.05, 0) is 58.2 Å². The molecule has 23 heavy (non-hydrogen) atoms. The van der Waals surface area contributed by atoms with E-state index in [4.69, 9.17) is 0 Å². The third kappa shape index (κ3) is 3.27. The maximum atomic E-state index is 12.3. The van der Waals surface area contributed by atoms with E-state index in [-0.39, 0.29) is 11.8 Å². The van der Waals surface area contributed by atoms with Crippen LogP contribution in [-0.2, 0) is 11.2 Å². The molecule has 0 atom stereocenters. The van der Waals surface area contributed by atoms with E-state index in [2.05, 4.69) is 26.2 Å². The van der Waals surface area contributed by atoms with Crippen LogP contribution in [0.3, 0.4) is 0 Å². The number of rotatable bonds is 3. The van der Waals surface area contributed by atoms with Gasteiger partial charge >= 0.3 is 0 Å². The van der Waals surface area contributed by atoms with Crippen molar-refractivity contribution >= 4 is 39.2 Å². The number of fused-ring (bicyclic) bond motifs is 1. The standard InChI is InChI=1S/C17H16BrN3O2/c1-2-16(22)21-8-7-11-9-12(3-5-14(11)21)17(23)20-15-6-4-13(18)10-19-15/h3-6,9-10H,2,7-8H2,1H3,(H,19,20,23). The third-order valence-corrected chi connectivity index (χ3v) is 4.28. The first-order chi connectivity index (χ1) is 11.1. The number of benzene rings is 1. The van der Waals surface area contributed by atoms with Crippen molar-refractivity contribution in [2.75, 3.05) is 16.8 Å². The Morgan fingerprint density at radius 1 is 1.30 bits per heavy atom. The first kappa shape index (κ1) is 15.7. The Bertz CT molecular complexity index is 759. The lowest BCUT2D eigenvalue weighted by atomic mass is 10.1. The van der Waals surface area contributed by atoms with Crippen LogP contribution in [0.2, 0.25) is 0 Å². The van der Waals surface area contributed by atoms with Crippen LogP contribution in [0, 0.1) is 0 Å². The van der Waals surface area contributed by atoms with E-state index in [9.17, 15) is 9.59 Å². The second kappa shape index (κ2) is 6.50. The van der Waals surface area contributed by atoms with E-state index in [1.54, 1.807) is 23.2 Å². The van der Waals surface area contributed by atoms with Crippen LogP contribution in [0.25, 0.3) is 0 Å². The molecule has 0 saturated heterocycles. The Morgan fingerprint density at radius 3 is 2.83 bits per heavy atom. The minimum Gasteiger partial charge on any atom is -0.312 e. The smallest absolute Gasteiger partial charge is 0.256 e. The zero-order valence-electron chi connectivity index (χ0n) is 12.7. The number of pyridine rings is 1. The highest BCUT2D eigenvalue weighted by Crippen LogP contribution is 2.29. The molecular weight excluding hydrogens is 358 g/mol. The van der Waals surface area contributed by atoms with E-state index < -0.39 is 0 Å². The molecule has 6 heteroatoms. The summed E-state index contributed by atoms with van der Waals surface area (Å²) in [7, 11) is 0. The zero-order chi connectivity index (χ0) is 16.4. The SMILES string of the molecule is CCC(=O)N1CCc2cc(C(=O)Nc3ccc(Br)cn3)ccc21. The van der Waals surface area contributed by atoms with E-state index in [1.165, 1.54) is 0 Å². The predicted octanol–water partition coefficient (Wildman–Crippen LogP) is 3.40. The normalized spacial score (nSPS) is 12.9. The zero-order valence-corrected chi connectivity index (χ0v) is 14.3. The minimum atomic E-state index is -0.206. The quantitative estimate of drug-likeness (QED) is 0.896. The maximum Gasteiger partial charge on any atom is 0.256 e. The summed E-state index contributed by atoms with van der Waals surface area (Å²) in [4.78, 5) is 30.1. The maximum absolute atomic E-state index is 12.3. The molecule has 0 aliphatic carbocycles. The Kier molecular flexibility index (Phi) is 4.43. The van der Waals surface area contributed by atoms with Crippen LogP contribution < -0.4 is 10.2 Å². The fourth-order valence-corrected chi connectivity index (χ4v) is 2.87. The van der Waals surface area contributed by atoms with Crippen molar-refractivity contribution < 1.29 is 9.59 Å². The number of amides is 2. The Balaban J connectivity index is 1.78. The topological polar surface area (TPSA) is 62.3 Å². The van der Waals surface area contributed by atoms with Crippen LogP contribution in [0.5, 0.6) is 0 Å². The number of hydrogen-bond acceptors (Lipinski definition) is 3. The molecule has 0 bridgehead atoms. The lowest BCUT2D eigenvalue weighted by molar-refractivity contribution is -0.118. The summed E-state index contributed by atoms with van der Waals surface area (Å²) in [5.41, 5.74) is 2.51. The summed E-state index contributed by atoms with van der Waals surface area (Å²) in [6.07, 6.45) is 2.89. The number of carbonyl (C=O) groups is 2. The highest BCUT2D eigenvalue weighted by atomic mass is 79.9.